The van der Waals surface area contributed by atoms with Gasteiger partial charge in [-0.3, -0.25) is 4.90 Å². The molecule has 0 radical (unpaired) electrons. The Hall–Kier alpha value is -1.03. The summed E-state index contributed by atoms with van der Waals surface area (Å²) in [6.07, 6.45) is 2.69. The molecule has 1 amide bonds. The van der Waals surface area contributed by atoms with Gasteiger partial charge in [0.2, 0.25) is 0 Å². The van der Waals surface area contributed by atoms with Gasteiger partial charge < -0.3 is 4.74 Å². The molecule has 1 aromatic carbocycles. The number of hydrogen-bond acceptors (Lipinski definition) is 2. The molecule has 0 aliphatic carbocycles. The maximum Gasteiger partial charge on any atom is 0.415 e. The number of hydrogen-bond donors (Lipinski definition) is 0. The zero-order valence-corrected chi connectivity index (χ0v) is 14.2. The third kappa shape index (κ3) is 3.35. The van der Waals surface area contributed by atoms with E-state index in [2.05, 4.69) is 28.9 Å². The SMILES string of the molecule is CCC1CCc2ccc(Br)cc2N1C(=O)OC(C)(C)C. The second-order valence-electron chi connectivity index (χ2n) is 6.22. The Morgan fingerprint density at radius 1 is 1.45 bits per heavy atom. The van der Waals surface area contributed by atoms with Gasteiger partial charge in [0, 0.05) is 10.5 Å². The van der Waals surface area contributed by atoms with E-state index < -0.39 is 5.60 Å². The summed E-state index contributed by atoms with van der Waals surface area (Å²) in [6.45, 7) is 7.82. The summed E-state index contributed by atoms with van der Waals surface area (Å²) in [5.74, 6) is 0. The monoisotopic (exact) mass is 339 g/mol. The van der Waals surface area contributed by atoms with Crippen LogP contribution in [0.4, 0.5) is 10.5 Å². The number of ether oxygens (including phenoxy) is 1. The van der Waals surface area contributed by atoms with Gasteiger partial charge in [-0.2, -0.15) is 0 Å². The van der Waals surface area contributed by atoms with Crippen molar-refractivity contribution < 1.29 is 9.53 Å². The number of benzene rings is 1. The van der Waals surface area contributed by atoms with Crippen LogP contribution in [0.3, 0.4) is 0 Å². The van der Waals surface area contributed by atoms with Gasteiger partial charge in [0.15, 0.2) is 0 Å². The van der Waals surface area contributed by atoms with Crippen molar-refractivity contribution in [3.63, 3.8) is 0 Å². The molecule has 1 unspecified atom stereocenters. The van der Waals surface area contributed by atoms with Crippen molar-refractivity contribution in [3.05, 3.63) is 28.2 Å². The van der Waals surface area contributed by atoms with Crippen LogP contribution in [0, 0.1) is 0 Å². The Labute approximate surface area is 129 Å². The van der Waals surface area contributed by atoms with E-state index >= 15 is 0 Å². The highest BCUT2D eigenvalue weighted by Gasteiger charge is 2.33. The van der Waals surface area contributed by atoms with Crippen LogP contribution < -0.4 is 4.90 Å². The number of fused-ring (bicyclic) bond motifs is 1. The van der Waals surface area contributed by atoms with Gasteiger partial charge in [0.25, 0.3) is 0 Å². The molecule has 4 heteroatoms. The first-order valence-corrected chi connectivity index (χ1v) is 7.91. The third-order valence-electron chi connectivity index (χ3n) is 3.48. The van der Waals surface area contributed by atoms with Crippen molar-refractivity contribution in [2.45, 2.75) is 58.6 Å². The molecule has 1 heterocycles. The lowest BCUT2D eigenvalue weighted by molar-refractivity contribution is 0.0559. The molecule has 0 spiro atoms. The first-order chi connectivity index (χ1) is 9.31. The van der Waals surface area contributed by atoms with Crippen molar-refractivity contribution in [1.82, 2.24) is 0 Å². The lowest BCUT2D eigenvalue weighted by Gasteiger charge is -2.37. The molecule has 0 saturated heterocycles. The largest absolute Gasteiger partial charge is 0.443 e. The molecular weight excluding hydrogens is 318 g/mol. The van der Waals surface area contributed by atoms with Crippen LogP contribution in [-0.2, 0) is 11.2 Å². The standard InChI is InChI=1S/C16H22BrNO2/c1-5-13-9-7-11-6-8-12(17)10-14(11)18(13)15(19)20-16(2,3)4/h6,8,10,13H,5,7,9H2,1-4H3. The predicted molar refractivity (Wildman–Crippen MR) is 85.3 cm³/mol. The minimum atomic E-state index is -0.473. The van der Waals surface area contributed by atoms with Gasteiger partial charge in [-0.1, -0.05) is 28.9 Å². The fourth-order valence-corrected chi connectivity index (χ4v) is 2.91. The summed E-state index contributed by atoms with van der Waals surface area (Å²) < 4.78 is 6.57. The van der Waals surface area contributed by atoms with Crippen LogP contribution in [0.15, 0.2) is 22.7 Å². The van der Waals surface area contributed by atoms with Crippen LogP contribution in [0.1, 0.15) is 46.1 Å². The third-order valence-corrected chi connectivity index (χ3v) is 3.97. The number of anilines is 1. The van der Waals surface area contributed by atoms with E-state index in [1.54, 1.807) is 0 Å². The van der Waals surface area contributed by atoms with Crippen molar-refractivity contribution in [2.75, 3.05) is 4.90 Å². The molecule has 0 bridgehead atoms. The van der Waals surface area contributed by atoms with Gasteiger partial charge >= 0.3 is 6.09 Å². The van der Waals surface area contributed by atoms with E-state index in [9.17, 15) is 4.79 Å². The van der Waals surface area contributed by atoms with E-state index in [1.165, 1.54) is 5.56 Å². The minimum absolute atomic E-state index is 0.214. The maximum atomic E-state index is 12.5. The number of carbonyl (C=O) groups is 1. The number of nitrogens with zero attached hydrogens (tertiary/aromatic N) is 1. The number of aryl methyl sites for hydroxylation is 1. The molecule has 20 heavy (non-hydrogen) atoms. The van der Waals surface area contributed by atoms with Gasteiger partial charge in [0.05, 0.1) is 5.69 Å². The van der Waals surface area contributed by atoms with Crippen molar-refractivity contribution in [1.29, 1.82) is 0 Å². The molecule has 0 saturated carbocycles. The average Bonchev–Trinajstić information content (AvgIpc) is 2.34. The second-order valence-corrected chi connectivity index (χ2v) is 7.14. The first kappa shape index (κ1) is 15.4. The number of amides is 1. The fourth-order valence-electron chi connectivity index (χ4n) is 2.57. The highest BCUT2D eigenvalue weighted by molar-refractivity contribution is 9.10. The fraction of sp³-hybridized carbons (Fsp3) is 0.562. The van der Waals surface area contributed by atoms with E-state index in [-0.39, 0.29) is 12.1 Å². The Bertz CT molecular complexity index is 508. The molecule has 1 aromatic rings. The molecule has 110 valence electrons. The van der Waals surface area contributed by atoms with Gasteiger partial charge in [-0.25, -0.2) is 4.79 Å². The summed E-state index contributed by atoms with van der Waals surface area (Å²) in [4.78, 5) is 14.4. The van der Waals surface area contributed by atoms with Crippen LogP contribution in [0.2, 0.25) is 0 Å². The Morgan fingerprint density at radius 2 is 2.15 bits per heavy atom. The van der Waals surface area contributed by atoms with Crippen LogP contribution in [0.25, 0.3) is 0 Å². The van der Waals surface area contributed by atoms with Crippen LogP contribution >= 0.6 is 15.9 Å². The molecular formula is C16H22BrNO2. The van der Waals surface area contributed by atoms with Crippen LogP contribution in [-0.4, -0.2) is 17.7 Å². The van der Waals surface area contributed by atoms with E-state index in [0.29, 0.717) is 0 Å². The van der Waals surface area contributed by atoms with E-state index in [0.717, 1.165) is 29.4 Å². The van der Waals surface area contributed by atoms with Crippen LogP contribution in [0.5, 0.6) is 0 Å². The summed E-state index contributed by atoms with van der Waals surface area (Å²) >= 11 is 3.49. The van der Waals surface area contributed by atoms with Gasteiger partial charge in [-0.05, 0) is 57.7 Å². The van der Waals surface area contributed by atoms with Gasteiger partial charge in [-0.15, -0.1) is 0 Å². The molecule has 3 nitrogen and oxygen atoms in total. The lowest BCUT2D eigenvalue weighted by atomic mass is 9.95. The summed E-state index contributed by atoms with van der Waals surface area (Å²) in [6, 6.07) is 6.34. The Morgan fingerprint density at radius 3 is 2.75 bits per heavy atom. The molecule has 0 fully saturated rings. The zero-order valence-electron chi connectivity index (χ0n) is 12.6. The lowest BCUT2D eigenvalue weighted by Crippen LogP contribution is -2.46. The highest BCUT2D eigenvalue weighted by Crippen LogP contribution is 2.35. The van der Waals surface area contributed by atoms with Crippen molar-refractivity contribution in [3.8, 4) is 0 Å². The molecule has 1 atom stereocenters. The quantitative estimate of drug-likeness (QED) is 0.727. The summed E-state index contributed by atoms with van der Waals surface area (Å²) in [5, 5.41) is 0. The normalized spacial score (nSPS) is 18.6. The minimum Gasteiger partial charge on any atom is -0.443 e. The summed E-state index contributed by atoms with van der Waals surface area (Å²) in [7, 11) is 0. The molecule has 2 rings (SSSR count). The van der Waals surface area contributed by atoms with E-state index in [1.807, 2.05) is 37.8 Å². The number of rotatable bonds is 1. The molecule has 0 N–H and O–H groups in total. The smallest absolute Gasteiger partial charge is 0.415 e. The maximum absolute atomic E-state index is 12.5. The molecule has 1 aliphatic heterocycles. The molecule has 1 aliphatic rings. The Kier molecular flexibility index (Phi) is 4.43. The molecule has 0 aromatic heterocycles. The Balaban J connectivity index is 2.37. The van der Waals surface area contributed by atoms with Gasteiger partial charge in [0.1, 0.15) is 5.60 Å². The zero-order chi connectivity index (χ0) is 14.9. The van der Waals surface area contributed by atoms with E-state index in [4.69, 9.17) is 4.74 Å². The number of carbonyl (C=O) groups excluding carboxylic acids is 1. The first-order valence-electron chi connectivity index (χ1n) is 7.12. The second kappa shape index (κ2) is 5.76. The predicted octanol–water partition coefficient (Wildman–Crippen LogP) is 4.92. The summed E-state index contributed by atoms with van der Waals surface area (Å²) in [5.41, 5.74) is 1.72. The van der Waals surface area contributed by atoms with Crippen molar-refractivity contribution in [2.24, 2.45) is 0 Å². The number of halogens is 1. The highest BCUT2D eigenvalue weighted by atomic mass is 79.9. The topological polar surface area (TPSA) is 29.5 Å². The van der Waals surface area contributed by atoms with Crippen molar-refractivity contribution >= 4 is 27.7 Å². The average molecular weight is 340 g/mol.